The number of nitrogens with one attached hydrogen (secondary N) is 1. The van der Waals surface area contributed by atoms with E-state index in [4.69, 9.17) is 5.73 Å². The zero-order valence-electron chi connectivity index (χ0n) is 13.2. The highest BCUT2D eigenvalue weighted by molar-refractivity contribution is 5.88. The number of aromatic nitrogens is 1. The van der Waals surface area contributed by atoms with Crippen molar-refractivity contribution in [2.24, 2.45) is 5.73 Å². The molecule has 0 bridgehead atoms. The first-order valence-corrected chi connectivity index (χ1v) is 7.72. The minimum Gasteiger partial charge on any atom is -0.352 e. The van der Waals surface area contributed by atoms with Crippen molar-refractivity contribution in [1.29, 1.82) is 0 Å². The monoisotopic (exact) mass is 304 g/mol. The minimum atomic E-state index is -0.450. The fourth-order valence-corrected chi connectivity index (χ4v) is 2.70. The molecule has 22 heavy (non-hydrogen) atoms. The Kier molecular flexibility index (Phi) is 5.49. The van der Waals surface area contributed by atoms with E-state index in [0.29, 0.717) is 25.8 Å². The van der Waals surface area contributed by atoms with Gasteiger partial charge in [-0.05, 0) is 38.8 Å². The molecule has 1 aromatic rings. The molecule has 2 heterocycles. The maximum atomic E-state index is 12.4. The van der Waals surface area contributed by atoms with E-state index in [1.807, 2.05) is 32.0 Å². The molecule has 1 aliphatic heterocycles. The van der Waals surface area contributed by atoms with E-state index in [2.05, 4.69) is 10.3 Å². The van der Waals surface area contributed by atoms with Gasteiger partial charge in [-0.1, -0.05) is 6.07 Å². The molecule has 0 saturated carbocycles. The van der Waals surface area contributed by atoms with Crippen molar-refractivity contribution >= 4 is 11.8 Å². The normalized spacial score (nSPS) is 21.2. The van der Waals surface area contributed by atoms with Crippen molar-refractivity contribution in [3.8, 4) is 0 Å². The van der Waals surface area contributed by atoms with E-state index >= 15 is 0 Å². The number of hydrogen-bond donors (Lipinski definition) is 2. The number of nitrogens with two attached hydrogens (primary N) is 1. The van der Waals surface area contributed by atoms with E-state index in [-0.39, 0.29) is 23.9 Å². The fraction of sp³-hybridized carbons (Fsp3) is 0.562. The van der Waals surface area contributed by atoms with Crippen molar-refractivity contribution < 1.29 is 9.59 Å². The van der Waals surface area contributed by atoms with Gasteiger partial charge in [-0.3, -0.25) is 14.6 Å². The molecule has 0 aliphatic carbocycles. The summed E-state index contributed by atoms with van der Waals surface area (Å²) in [5.41, 5.74) is 6.82. The minimum absolute atomic E-state index is 0.0393. The molecule has 0 aromatic carbocycles. The molecule has 0 unspecified atom stereocenters. The van der Waals surface area contributed by atoms with Crippen LogP contribution in [0.15, 0.2) is 24.4 Å². The van der Waals surface area contributed by atoms with Crippen LogP contribution >= 0.6 is 0 Å². The average Bonchev–Trinajstić information content (AvgIpc) is 2.87. The molecule has 120 valence electrons. The van der Waals surface area contributed by atoms with Crippen molar-refractivity contribution in [3.63, 3.8) is 0 Å². The van der Waals surface area contributed by atoms with Gasteiger partial charge in [0.1, 0.15) is 6.04 Å². The summed E-state index contributed by atoms with van der Waals surface area (Å²) in [4.78, 5) is 30.5. The smallest absolute Gasteiger partial charge is 0.243 e. The van der Waals surface area contributed by atoms with Crippen molar-refractivity contribution in [1.82, 2.24) is 15.2 Å². The molecule has 2 rings (SSSR count). The molecule has 0 radical (unpaired) electrons. The molecule has 1 aliphatic rings. The first kappa shape index (κ1) is 16.4. The van der Waals surface area contributed by atoms with E-state index in [0.717, 1.165) is 5.69 Å². The van der Waals surface area contributed by atoms with Gasteiger partial charge in [0.05, 0.1) is 0 Å². The van der Waals surface area contributed by atoms with Crippen LogP contribution in [0.1, 0.15) is 32.4 Å². The molecule has 2 atom stereocenters. The Balaban J connectivity index is 1.95. The molecule has 6 nitrogen and oxygen atoms in total. The summed E-state index contributed by atoms with van der Waals surface area (Å²) in [5.74, 6) is -0.156. The van der Waals surface area contributed by atoms with Crippen LogP contribution in [0.25, 0.3) is 0 Å². The van der Waals surface area contributed by atoms with Gasteiger partial charge in [0.25, 0.3) is 0 Å². The number of rotatable bonds is 5. The molecule has 1 saturated heterocycles. The summed E-state index contributed by atoms with van der Waals surface area (Å²) >= 11 is 0. The van der Waals surface area contributed by atoms with Crippen LogP contribution in [0.4, 0.5) is 0 Å². The third-order valence-electron chi connectivity index (χ3n) is 3.71. The maximum Gasteiger partial charge on any atom is 0.243 e. The number of likely N-dealkylation sites (tertiary alicyclic amines) is 1. The van der Waals surface area contributed by atoms with Gasteiger partial charge in [0.2, 0.25) is 11.8 Å². The van der Waals surface area contributed by atoms with Gasteiger partial charge in [0, 0.05) is 36.9 Å². The molecule has 1 fully saturated rings. The quantitative estimate of drug-likeness (QED) is 0.827. The number of aryl methyl sites for hydroxylation is 1. The second kappa shape index (κ2) is 7.35. The largest absolute Gasteiger partial charge is 0.352 e. The first-order valence-electron chi connectivity index (χ1n) is 7.72. The zero-order chi connectivity index (χ0) is 16.1. The van der Waals surface area contributed by atoms with Crippen LogP contribution in [-0.2, 0) is 16.0 Å². The summed E-state index contributed by atoms with van der Waals surface area (Å²) in [6, 6.07) is 5.10. The number of carbonyl (C=O) groups is 2. The lowest BCUT2D eigenvalue weighted by Gasteiger charge is -2.24. The standard InChI is InChI=1S/C16H24N4O2/c1-11(2)19-16(22)14-9-12(17)10-20(14)15(21)7-6-13-5-3-4-8-18-13/h3-5,8,11-12,14H,6-7,9-10,17H2,1-2H3,(H,19,22)/t12-,14+/m1/s1. The van der Waals surface area contributed by atoms with Gasteiger partial charge in [-0.15, -0.1) is 0 Å². The topological polar surface area (TPSA) is 88.3 Å². The Morgan fingerprint density at radius 2 is 2.23 bits per heavy atom. The second-order valence-corrected chi connectivity index (χ2v) is 6.04. The summed E-state index contributed by atoms with van der Waals surface area (Å²) in [6.07, 6.45) is 3.15. The van der Waals surface area contributed by atoms with Crippen LogP contribution in [0.2, 0.25) is 0 Å². The van der Waals surface area contributed by atoms with Gasteiger partial charge in [-0.25, -0.2) is 0 Å². The Bertz CT molecular complexity index is 518. The molecule has 1 aromatic heterocycles. The number of hydrogen-bond acceptors (Lipinski definition) is 4. The fourth-order valence-electron chi connectivity index (χ4n) is 2.70. The first-order chi connectivity index (χ1) is 10.5. The maximum absolute atomic E-state index is 12.4. The van der Waals surface area contributed by atoms with Crippen LogP contribution in [0.5, 0.6) is 0 Å². The van der Waals surface area contributed by atoms with Crippen LogP contribution in [-0.4, -0.2) is 46.4 Å². The van der Waals surface area contributed by atoms with E-state index in [9.17, 15) is 9.59 Å². The molecule has 3 N–H and O–H groups in total. The van der Waals surface area contributed by atoms with Gasteiger partial charge in [0.15, 0.2) is 0 Å². The number of carbonyl (C=O) groups excluding carboxylic acids is 2. The average molecular weight is 304 g/mol. The second-order valence-electron chi connectivity index (χ2n) is 6.04. The lowest BCUT2D eigenvalue weighted by Crippen LogP contribution is -2.47. The van der Waals surface area contributed by atoms with Crippen molar-refractivity contribution in [2.75, 3.05) is 6.54 Å². The highest BCUT2D eigenvalue weighted by atomic mass is 16.2. The number of pyridine rings is 1. The van der Waals surface area contributed by atoms with Crippen molar-refractivity contribution in [2.45, 2.75) is 51.2 Å². The van der Waals surface area contributed by atoms with Crippen LogP contribution in [0.3, 0.4) is 0 Å². The molecule has 0 spiro atoms. The summed E-state index contributed by atoms with van der Waals surface area (Å²) < 4.78 is 0. The Morgan fingerprint density at radius 1 is 1.45 bits per heavy atom. The molecule has 2 amide bonds. The Hall–Kier alpha value is -1.95. The molecule has 6 heteroatoms. The summed E-state index contributed by atoms with van der Waals surface area (Å²) in [7, 11) is 0. The molecular weight excluding hydrogens is 280 g/mol. The number of nitrogens with zero attached hydrogens (tertiary/aromatic N) is 2. The highest BCUT2D eigenvalue weighted by Gasteiger charge is 2.37. The third-order valence-corrected chi connectivity index (χ3v) is 3.71. The zero-order valence-corrected chi connectivity index (χ0v) is 13.2. The lowest BCUT2D eigenvalue weighted by atomic mass is 10.1. The summed E-state index contributed by atoms with van der Waals surface area (Å²) in [6.45, 7) is 4.25. The number of amides is 2. The van der Waals surface area contributed by atoms with E-state index in [1.54, 1.807) is 11.1 Å². The van der Waals surface area contributed by atoms with Crippen LogP contribution < -0.4 is 11.1 Å². The SMILES string of the molecule is CC(C)NC(=O)[C@@H]1C[C@@H](N)CN1C(=O)CCc1ccccn1. The van der Waals surface area contributed by atoms with Gasteiger partial charge >= 0.3 is 0 Å². The highest BCUT2D eigenvalue weighted by Crippen LogP contribution is 2.18. The van der Waals surface area contributed by atoms with Gasteiger partial charge < -0.3 is 16.0 Å². The Labute approximate surface area is 131 Å². The van der Waals surface area contributed by atoms with E-state index in [1.165, 1.54) is 0 Å². The van der Waals surface area contributed by atoms with Crippen LogP contribution in [0, 0.1) is 0 Å². The summed E-state index contributed by atoms with van der Waals surface area (Å²) in [5, 5.41) is 2.86. The Morgan fingerprint density at radius 3 is 2.86 bits per heavy atom. The van der Waals surface area contributed by atoms with E-state index < -0.39 is 6.04 Å². The predicted octanol–water partition coefficient (Wildman–Crippen LogP) is 0.467. The molecular formula is C16H24N4O2. The third kappa shape index (κ3) is 4.27. The van der Waals surface area contributed by atoms with Crippen molar-refractivity contribution in [3.05, 3.63) is 30.1 Å². The lowest BCUT2D eigenvalue weighted by molar-refractivity contribution is -0.138. The predicted molar refractivity (Wildman–Crippen MR) is 83.9 cm³/mol. The van der Waals surface area contributed by atoms with Gasteiger partial charge in [-0.2, -0.15) is 0 Å².